The molecule has 0 N–H and O–H groups in total. The van der Waals surface area contributed by atoms with E-state index in [-0.39, 0.29) is 12.1 Å². The summed E-state index contributed by atoms with van der Waals surface area (Å²) in [5.74, 6) is 1.00. The van der Waals surface area contributed by atoms with Gasteiger partial charge in [-0.15, -0.1) is 0 Å². The molecule has 3 aromatic carbocycles. The Hall–Kier alpha value is -2.91. The van der Waals surface area contributed by atoms with Gasteiger partial charge >= 0.3 is 0 Å². The third kappa shape index (κ3) is 4.08. The number of hydrogen-bond acceptors (Lipinski definition) is 4. The monoisotopic (exact) mass is 496 g/mol. The molecule has 5 heteroatoms. The maximum absolute atomic E-state index is 6.54. The topological polar surface area (TPSA) is 24.9 Å². The summed E-state index contributed by atoms with van der Waals surface area (Å²) in [6, 6.07) is 26.7. The molecule has 0 saturated carbocycles. The lowest BCUT2D eigenvalue weighted by atomic mass is 9.85. The first-order valence-electron chi connectivity index (χ1n) is 12.8. The Kier molecular flexibility index (Phi) is 6.43. The van der Waals surface area contributed by atoms with Crippen molar-refractivity contribution in [2.45, 2.75) is 19.1 Å². The van der Waals surface area contributed by atoms with Crippen molar-refractivity contribution in [3.05, 3.63) is 96.1 Å². The molecule has 1 aliphatic carbocycles. The number of fused-ring (bicyclic) bond motifs is 2. The minimum Gasteiger partial charge on any atom is -0.489 e. The molecule has 6 rings (SSSR count). The highest BCUT2D eigenvalue weighted by atomic mass is 31.1. The average Bonchev–Trinajstić information content (AvgIpc) is 2.91. The fourth-order valence-corrected chi connectivity index (χ4v) is 8.11. The number of allylic oxidation sites excluding steroid dienone is 2. The summed E-state index contributed by atoms with van der Waals surface area (Å²) in [6.07, 6.45) is 4.57. The van der Waals surface area contributed by atoms with Gasteiger partial charge in [0.25, 0.3) is 0 Å². The summed E-state index contributed by atoms with van der Waals surface area (Å²) in [7, 11) is 3.57. The van der Waals surface area contributed by atoms with Crippen LogP contribution in [0.5, 0.6) is 5.75 Å². The summed E-state index contributed by atoms with van der Waals surface area (Å²) in [4.78, 5) is 4.73. The Morgan fingerprint density at radius 1 is 0.833 bits per heavy atom. The molecule has 36 heavy (non-hydrogen) atoms. The van der Waals surface area contributed by atoms with E-state index in [0.717, 1.165) is 31.1 Å². The van der Waals surface area contributed by atoms with Crippen LogP contribution in [0.3, 0.4) is 0 Å². The number of nitrogens with zero attached hydrogens (tertiary/aromatic N) is 2. The Morgan fingerprint density at radius 2 is 1.53 bits per heavy atom. The van der Waals surface area contributed by atoms with Crippen LogP contribution in [0.4, 0.5) is 5.69 Å². The third-order valence-corrected chi connectivity index (χ3v) is 10.0. The van der Waals surface area contributed by atoms with E-state index in [1.807, 2.05) is 0 Å². The zero-order chi connectivity index (χ0) is 24.6. The van der Waals surface area contributed by atoms with Crippen molar-refractivity contribution < 1.29 is 9.47 Å². The molecule has 0 bridgehead atoms. The molecule has 1 fully saturated rings. The van der Waals surface area contributed by atoms with Gasteiger partial charge in [0.2, 0.25) is 0 Å². The summed E-state index contributed by atoms with van der Waals surface area (Å²) in [5, 5.41) is 4.01. The van der Waals surface area contributed by atoms with Gasteiger partial charge in [-0.3, -0.25) is 4.90 Å². The van der Waals surface area contributed by atoms with Gasteiger partial charge in [-0.05, 0) is 55.0 Å². The molecule has 0 amide bonds. The Morgan fingerprint density at radius 3 is 2.22 bits per heavy atom. The minimum atomic E-state index is -0.802. The number of rotatable bonds is 4. The van der Waals surface area contributed by atoms with Gasteiger partial charge in [-0.1, -0.05) is 78.9 Å². The van der Waals surface area contributed by atoms with E-state index >= 15 is 0 Å². The number of morpholine rings is 1. The molecule has 3 aromatic rings. The third-order valence-electron chi connectivity index (χ3n) is 7.55. The van der Waals surface area contributed by atoms with E-state index in [4.69, 9.17) is 9.47 Å². The summed E-state index contributed by atoms with van der Waals surface area (Å²) in [6.45, 7) is 5.48. The molecule has 0 aromatic heterocycles. The first-order valence-corrected chi connectivity index (χ1v) is 14.1. The first-order chi connectivity index (χ1) is 17.6. The predicted octanol–water partition coefficient (Wildman–Crippen LogP) is 4.32. The lowest BCUT2D eigenvalue weighted by Gasteiger charge is -2.42. The Labute approximate surface area is 215 Å². The van der Waals surface area contributed by atoms with Crippen LogP contribution in [0, 0.1) is 0 Å². The van der Waals surface area contributed by atoms with Gasteiger partial charge in [-0.25, -0.2) is 0 Å². The fraction of sp³-hybridized carbons (Fsp3) is 0.290. The molecule has 4 nitrogen and oxygen atoms in total. The molecule has 3 aliphatic rings. The Bertz CT molecular complexity index is 1270. The second-order valence-electron chi connectivity index (χ2n) is 9.80. The van der Waals surface area contributed by atoms with Crippen molar-refractivity contribution >= 4 is 35.1 Å². The van der Waals surface area contributed by atoms with Crippen LogP contribution < -0.4 is 25.6 Å². The maximum atomic E-state index is 6.54. The molecule has 0 spiro atoms. The lowest BCUT2D eigenvalue weighted by Crippen LogP contribution is -2.50. The molecule has 0 radical (unpaired) electrons. The normalized spacial score (nSPS) is 21.8. The number of anilines is 1. The van der Waals surface area contributed by atoms with Crippen LogP contribution in [0.2, 0.25) is 0 Å². The molecule has 1 saturated heterocycles. The minimum absolute atomic E-state index is 0.0155. The predicted molar refractivity (Wildman–Crippen MR) is 152 cm³/mol. The lowest BCUT2D eigenvalue weighted by molar-refractivity contribution is -0.0155. The van der Waals surface area contributed by atoms with Crippen LogP contribution in [0.1, 0.15) is 12.5 Å². The van der Waals surface area contributed by atoms with Crippen molar-refractivity contribution in [2.24, 2.45) is 0 Å². The quantitative estimate of drug-likeness (QED) is 0.503. The highest BCUT2D eigenvalue weighted by Gasteiger charge is 2.39. The molecular weight excluding hydrogens is 463 g/mol. The van der Waals surface area contributed by atoms with Crippen LogP contribution in [0.25, 0.3) is 5.57 Å². The molecular formula is C31H33N2O2P. The number of likely N-dealkylation sites (N-methyl/N-ethyl adjacent to an activating group) is 2. The van der Waals surface area contributed by atoms with Crippen molar-refractivity contribution in [1.29, 1.82) is 0 Å². The van der Waals surface area contributed by atoms with E-state index in [1.165, 1.54) is 32.6 Å². The van der Waals surface area contributed by atoms with Crippen LogP contribution in [-0.2, 0) is 4.74 Å². The SMILES string of the molecule is CC1=C(c2c(P(c3ccccc3)c3ccccc3)ccc3c2OCCN3C)C2OCCN(C)C2C=C1. The zero-order valence-corrected chi connectivity index (χ0v) is 22.1. The summed E-state index contributed by atoms with van der Waals surface area (Å²) in [5.41, 5.74) is 4.92. The highest BCUT2D eigenvalue weighted by molar-refractivity contribution is 7.80. The van der Waals surface area contributed by atoms with Crippen molar-refractivity contribution in [1.82, 2.24) is 4.90 Å². The first kappa shape index (κ1) is 23.5. The highest BCUT2D eigenvalue weighted by Crippen LogP contribution is 2.47. The molecule has 2 heterocycles. The molecule has 2 unspecified atom stereocenters. The number of hydrogen-bond donors (Lipinski definition) is 0. The second-order valence-corrected chi connectivity index (χ2v) is 12.0. The van der Waals surface area contributed by atoms with Crippen molar-refractivity contribution in [3.63, 3.8) is 0 Å². The number of benzene rings is 3. The van der Waals surface area contributed by atoms with Gasteiger partial charge < -0.3 is 14.4 Å². The van der Waals surface area contributed by atoms with Crippen LogP contribution in [-0.4, -0.2) is 57.4 Å². The van der Waals surface area contributed by atoms with E-state index < -0.39 is 7.92 Å². The zero-order valence-electron chi connectivity index (χ0n) is 21.2. The standard InChI is InChI=1S/C31H33N2O2P/c1-22-14-15-25-30(34-20-18-32(25)2)28(22)29-27(17-16-26-31(29)35-21-19-33(26)3)36(23-10-6-4-7-11-23)24-12-8-5-9-13-24/h4-17,25,30H,18-21H2,1-3H3. The second kappa shape index (κ2) is 9.86. The van der Waals surface area contributed by atoms with Gasteiger partial charge in [0.1, 0.15) is 12.7 Å². The van der Waals surface area contributed by atoms with Crippen molar-refractivity contribution in [2.75, 3.05) is 45.3 Å². The van der Waals surface area contributed by atoms with E-state index in [0.29, 0.717) is 6.61 Å². The maximum Gasteiger partial charge on any atom is 0.150 e. The largest absolute Gasteiger partial charge is 0.489 e. The van der Waals surface area contributed by atoms with E-state index in [1.54, 1.807) is 0 Å². The summed E-state index contributed by atoms with van der Waals surface area (Å²) >= 11 is 0. The summed E-state index contributed by atoms with van der Waals surface area (Å²) < 4.78 is 13.1. The van der Waals surface area contributed by atoms with Crippen molar-refractivity contribution in [3.8, 4) is 5.75 Å². The van der Waals surface area contributed by atoms with E-state index in [2.05, 4.69) is 116 Å². The average molecular weight is 497 g/mol. The van der Waals surface area contributed by atoms with Gasteiger partial charge in [0, 0.05) is 19.2 Å². The van der Waals surface area contributed by atoms with E-state index in [9.17, 15) is 0 Å². The van der Waals surface area contributed by atoms with Crippen LogP contribution >= 0.6 is 7.92 Å². The van der Waals surface area contributed by atoms with Gasteiger partial charge in [0.15, 0.2) is 5.75 Å². The number of ether oxygens (including phenoxy) is 2. The smallest absolute Gasteiger partial charge is 0.150 e. The molecule has 2 aliphatic heterocycles. The molecule has 184 valence electrons. The van der Waals surface area contributed by atoms with Crippen LogP contribution in [0.15, 0.2) is 90.5 Å². The Balaban J connectivity index is 1.63. The molecule has 2 atom stereocenters. The fourth-order valence-electron chi connectivity index (χ4n) is 5.64. The van der Waals surface area contributed by atoms with Gasteiger partial charge in [0.05, 0.1) is 24.9 Å². The van der Waals surface area contributed by atoms with Gasteiger partial charge in [-0.2, -0.15) is 0 Å².